The number of carbonyl (C=O) groups is 2. The molecule has 1 aliphatic rings. The van der Waals surface area contributed by atoms with Crippen LogP contribution < -0.4 is 16.4 Å². The lowest BCUT2D eigenvalue weighted by molar-refractivity contribution is -0.121. The predicted octanol–water partition coefficient (Wildman–Crippen LogP) is 1.03. The molecule has 1 aromatic rings. The van der Waals surface area contributed by atoms with Gasteiger partial charge in [-0.3, -0.25) is 14.6 Å². The molecule has 0 aliphatic carbocycles. The summed E-state index contributed by atoms with van der Waals surface area (Å²) in [6, 6.07) is 3.31. The van der Waals surface area contributed by atoms with E-state index < -0.39 is 5.91 Å². The molecule has 0 radical (unpaired) electrons. The summed E-state index contributed by atoms with van der Waals surface area (Å²) in [6.45, 7) is 2.50. The van der Waals surface area contributed by atoms with Crippen LogP contribution >= 0.6 is 24.8 Å². The average Bonchev–Trinajstić information content (AvgIpc) is 2.96. The van der Waals surface area contributed by atoms with Crippen molar-refractivity contribution in [3.63, 3.8) is 0 Å². The first-order valence-electron chi connectivity index (χ1n) is 6.87. The number of nitrogens with one attached hydrogen (secondary N) is 2. The van der Waals surface area contributed by atoms with Gasteiger partial charge >= 0.3 is 0 Å². The summed E-state index contributed by atoms with van der Waals surface area (Å²) >= 11 is 0. The van der Waals surface area contributed by atoms with Gasteiger partial charge in [-0.1, -0.05) is 6.07 Å². The highest BCUT2D eigenvalue weighted by atomic mass is 35.5. The van der Waals surface area contributed by atoms with E-state index in [0.717, 1.165) is 31.5 Å². The maximum Gasteiger partial charge on any atom is 0.267 e. The minimum absolute atomic E-state index is 0. The van der Waals surface area contributed by atoms with E-state index >= 15 is 0 Å². The van der Waals surface area contributed by atoms with E-state index in [4.69, 9.17) is 5.73 Å². The Morgan fingerprint density at radius 2 is 2.14 bits per heavy atom. The normalized spacial score (nSPS) is 16.3. The number of pyridine rings is 1. The second-order valence-electron chi connectivity index (χ2n) is 5.09. The molecule has 6 nitrogen and oxygen atoms in total. The Labute approximate surface area is 142 Å². The van der Waals surface area contributed by atoms with Crippen molar-refractivity contribution in [3.8, 4) is 0 Å². The largest absolute Gasteiger partial charge is 0.364 e. The number of rotatable bonds is 6. The molecule has 4 N–H and O–H groups in total. The Morgan fingerprint density at radius 1 is 1.36 bits per heavy atom. The van der Waals surface area contributed by atoms with E-state index in [0.29, 0.717) is 18.9 Å². The molecule has 0 bridgehead atoms. The van der Waals surface area contributed by atoms with Gasteiger partial charge in [-0.15, -0.1) is 24.8 Å². The van der Waals surface area contributed by atoms with Gasteiger partial charge in [0.1, 0.15) is 5.69 Å². The predicted molar refractivity (Wildman–Crippen MR) is 89.3 cm³/mol. The topological polar surface area (TPSA) is 97.1 Å². The quantitative estimate of drug-likeness (QED) is 0.715. The summed E-state index contributed by atoms with van der Waals surface area (Å²) < 4.78 is 0. The van der Waals surface area contributed by atoms with Crippen LogP contribution in [0.1, 0.15) is 35.3 Å². The Kier molecular flexibility index (Phi) is 9.73. The van der Waals surface area contributed by atoms with E-state index in [2.05, 4.69) is 15.6 Å². The van der Waals surface area contributed by atoms with E-state index in [1.54, 1.807) is 18.3 Å². The van der Waals surface area contributed by atoms with E-state index in [1.165, 1.54) is 0 Å². The van der Waals surface area contributed by atoms with Crippen molar-refractivity contribution >= 4 is 36.6 Å². The summed E-state index contributed by atoms with van der Waals surface area (Å²) in [7, 11) is 0. The highest BCUT2D eigenvalue weighted by Crippen LogP contribution is 2.14. The summed E-state index contributed by atoms with van der Waals surface area (Å²) in [5.74, 6) is 0.124. The van der Waals surface area contributed by atoms with Crippen LogP contribution in [0.2, 0.25) is 0 Å². The van der Waals surface area contributed by atoms with E-state index in [-0.39, 0.29) is 36.4 Å². The first kappa shape index (κ1) is 20.6. The Bertz CT molecular complexity index is 476. The number of halogens is 2. The number of hydrogen-bond acceptors (Lipinski definition) is 4. The molecule has 0 spiro atoms. The third-order valence-corrected chi connectivity index (χ3v) is 3.51. The van der Waals surface area contributed by atoms with Gasteiger partial charge in [0.2, 0.25) is 5.91 Å². The van der Waals surface area contributed by atoms with Crippen molar-refractivity contribution < 1.29 is 9.59 Å². The zero-order valence-corrected chi connectivity index (χ0v) is 13.8. The van der Waals surface area contributed by atoms with Gasteiger partial charge in [-0.25, -0.2) is 0 Å². The third kappa shape index (κ3) is 6.60. The molecule has 1 aliphatic heterocycles. The van der Waals surface area contributed by atoms with Crippen LogP contribution in [0, 0.1) is 5.92 Å². The summed E-state index contributed by atoms with van der Waals surface area (Å²) in [5, 5.41) is 6.15. The van der Waals surface area contributed by atoms with Crippen molar-refractivity contribution in [3.05, 3.63) is 29.6 Å². The summed E-state index contributed by atoms with van der Waals surface area (Å²) in [6.07, 6.45) is 4.20. The Hall–Kier alpha value is -1.37. The number of aromatic nitrogens is 1. The summed E-state index contributed by atoms with van der Waals surface area (Å²) in [4.78, 5) is 26.5. The number of carbonyl (C=O) groups excluding carboxylic acids is 2. The molecule has 0 aromatic carbocycles. The van der Waals surface area contributed by atoms with Gasteiger partial charge in [0.15, 0.2) is 0 Å². The van der Waals surface area contributed by atoms with Crippen LogP contribution in [0.25, 0.3) is 0 Å². The molecule has 22 heavy (non-hydrogen) atoms. The lowest BCUT2D eigenvalue weighted by Gasteiger charge is -2.08. The molecule has 8 heteroatoms. The van der Waals surface area contributed by atoms with Crippen LogP contribution in [0.3, 0.4) is 0 Å². The van der Waals surface area contributed by atoms with Crippen molar-refractivity contribution in [2.24, 2.45) is 11.7 Å². The Morgan fingerprint density at radius 3 is 2.68 bits per heavy atom. The van der Waals surface area contributed by atoms with Gasteiger partial charge in [-0.2, -0.15) is 0 Å². The smallest absolute Gasteiger partial charge is 0.267 e. The lowest BCUT2D eigenvalue weighted by Crippen LogP contribution is -2.23. The number of amides is 2. The molecule has 2 rings (SSSR count). The molecule has 1 unspecified atom stereocenters. The fourth-order valence-corrected chi connectivity index (χ4v) is 2.26. The molecule has 2 heterocycles. The monoisotopic (exact) mass is 348 g/mol. The average molecular weight is 349 g/mol. The fourth-order valence-electron chi connectivity index (χ4n) is 2.26. The molecular weight excluding hydrogens is 327 g/mol. The van der Waals surface area contributed by atoms with Gasteiger partial charge < -0.3 is 16.4 Å². The minimum atomic E-state index is -0.550. The number of nitrogens with two attached hydrogens (primary N) is 1. The van der Waals surface area contributed by atoms with E-state index in [9.17, 15) is 9.59 Å². The van der Waals surface area contributed by atoms with E-state index in [1.807, 2.05) is 0 Å². The van der Waals surface area contributed by atoms with Crippen LogP contribution in [0.15, 0.2) is 18.3 Å². The number of nitrogens with zero attached hydrogens (tertiary/aromatic N) is 1. The van der Waals surface area contributed by atoms with Crippen molar-refractivity contribution in [1.29, 1.82) is 0 Å². The standard InChI is InChI=1S/C14H20N4O2.2ClH/c15-14(20)12-3-1-11(8-17-12)9-18-13(19)4-2-10-5-6-16-7-10;;/h1,3,8,10,16H,2,4-7,9H2,(H2,15,20)(H,18,19);2*1H. The second-order valence-corrected chi connectivity index (χ2v) is 5.09. The van der Waals surface area contributed by atoms with Crippen LogP contribution in [-0.4, -0.2) is 29.9 Å². The SMILES string of the molecule is Cl.Cl.NC(=O)c1ccc(CNC(=O)CCC2CCNC2)cn1. The zero-order valence-electron chi connectivity index (χ0n) is 12.2. The van der Waals surface area contributed by atoms with Crippen LogP contribution in [-0.2, 0) is 11.3 Å². The van der Waals surface area contributed by atoms with Gasteiger partial charge in [0, 0.05) is 19.2 Å². The van der Waals surface area contributed by atoms with Crippen LogP contribution in [0.5, 0.6) is 0 Å². The highest BCUT2D eigenvalue weighted by molar-refractivity contribution is 5.90. The summed E-state index contributed by atoms with van der Waals surface area (Å²) in [5.41, 5.74) is 6.19. The zero-order chi connectivity index (χ0) is 14.4. The van der Waals surface area contributed by atoms with Gasteiger partial charge in [-0.05, 0) is 43.5 Å². The molecule has 1 fully saturated rings. The molecule has 0 saturated carbocycles. The first-order chi connectivity index (χ1) is 9.65. The van der Waals surface area contributed by atoms with Crippen LogP contribution in [0.4, 0.5) is 0 Å². The maximum absolute atomic E-state index is 11.7. The molecule has 1 atom stereocenters. The number of hydrogen-bond donors (Lipinski definition) is 3. The highest BCUT2D eigenvalue weighted by Gasteiger charge is 2.15. The fraction of sp³-hybridized carbons (Fsp3) is 0.500. The van der Waals surface area contributed by atoms with Crippen molar-refractivity contribution in [1.82, 2.24) is 15.6 Å². The van der Waals surface area contributed by atoms with Gasteiger partial charge in [0.05, 0.1) is 0 Å². The first-order valence-corrected chi connectivity index (χ1v) is 6.87. The molecule has 1 aromatic heterocycles. The van der Waals surface area contributed by atoms with Gasteiger partial charge in [0.25, 0.3) is 5.91 Å². The van der Waals surface area contributed by atoms with Crippen molar-refractivity contribution in [2.45, 2.75) is 25.8 Å². The lowest BCUT2D eigenvalue weighted by atomic mass is 10.0. The Balaban J connectivity index is 0.00000220. The number of primary amides is 1. The third-order valence-electron chi connectivity index (χ3n) is 3.51. The van der Waals surface area contributed by atoms with Crippen molar-refractivity contribution in [2.75, 3.05) is 13.1 Å². The minimum Gasteiger partial charge on any atom is -0.364 e. The second kappa shape index (κ2) is 10.4. The molecule has 124 valence electrons. The molecular formula is C14H22Cl2N4O2. The maximum atomic E-state index is 11.7. The molecule has 2 amide bonds. The molecule has 1 saturated heterocycles.